The van der Waals surface area contributed by atoms with Gasteiger partial charge in [-0.05, 0) is 36.8 Å². The summed E-state index contributed by atoms with van der Waals surface area (Å²) in [5, 5.41) is 12.4. The molecule has 0 unspecified atom stereocenters. The highest BCUT2D eigenvalue weighted by molar-refractivity contribution is 6.04. The number of nitrogens with one attached hydrogen (secondary N) is 1. The van der Waals surface area contributed by atoms with Crippen LogP contribution in [0.4, 0.5) is 5.69 Å². The van der Waals surface area contributed by atoms with Crippen LogP contribution in [-0.2, 0) is 0 Å². The number of phenols is 1. The van der Waals surface area contributed by atoms with Crippen molar-refractivity contribution < 1.29 is 14.6 Å². The second-order valence-corrected chi connectivity index (χ2v) is 4.03. The molecule has 0 aliphatic heterocycles. The number of nitrogens with zero attached hydrogens (tertiary/aromatic N) is 1. The van der Waals surface area contributed by atoms with Crippen LogP contribution < -0.4 is 10.1 Å². The van der Waals surface area contributed by atoms with Crippen LogP contribution in [-0.4, -0.2) is 23.1 Å². The minimum atomic E-state index is -0.311. The second-order valence-electron chi connectivity index (χ2n) is 4.03. The fourth-order valence-electron chi connectivity index (χ4n) is 1.62. The summed E-state index contributed by atoms with van der Waals surface area (Å²) < 4.78 is 4.93. The number of aromatic nitrogens is 1. The van der Waals surface area contributed by atoms with Crippen molar-refractivity contribution in [1.82, 2.24) is 4.98 Å². The van der Waals surface area contributed by atoms with Crippen LogP contribution in [0.5, 0.6) is 11.5 Å². The van der Waals surface area contributed by atoms with Gasteiger partial charge in [0.1, 0.15) is 0 Å². The van der Waals surface area contributed by atoms with Crippen LogP contribution in [0.15, 0.2) is 36.7 Å². The van der Waals surface area contributed by atoms with Gasteiger partial charge in [0, 0.05) is 11.8 Å². The molecule has 0 fully saturated rings. The SMILES string of the molecule is COc1ccc(C(=O)Nc2cnccc2C)cc1O. The Bertz CT molecular complexity index is 611. The summed E-state index contributed by atoms with van der Waals surface area (Å²) in [6.45, 7) is 1.88. The van der Waals surface area contributed by atoms with Crippen LogP contribution in [0, 0.1) is 6.92 Å². The Morgan fingerprint density at radius 1 is 1.37 bits per heavy atom. The lowest BCUT2D eigenvalue weighted by Crippen LogP contribution is -2.12. The Labute approximate surface area is 110 Å². The number of pyridine rings is 1. The number of phenolic OH excluding ortho intramolecular Hbond substituents is 1. The van der Waals surface area contributed by atoms with Gasteiger partial charge in [-0.2, -0.15) is 0 Å². The highest BCUT2D eigenvalue weighted by atomic mass is 16.5. The minimum absolute atomic E-state index is 0.0712. The largest absolute Gasteiger partial charge is 0.504 e. The van der Waals surface area contributed by atoms with Crippen molar-refractivity contribution in [3.63, 3.8) is 0 Å². The summed E-state index contributed by atoms with van der Waals surface area (Å²) in [6.07, 6.45) is 3.24. The van der Waals surface area contributed by atoms with Crippen LogP contribution in [0.3, 0.4) is 0 Å². The van der Waals surface area contributed by atoms with E-state index in [1.807, 2.05) is 6.92 Å². The van der Waals surface area contributed by atoms with E-state index in [1.165, 1.54) is 13.2 Å². The number of aryl methyl sites for hydroxylation is 1. The molecule has 2 N–H and O–H groups in total. The predicted octanol–water partition coefficient (Wildman–Crippen LogP) is 2.36. The van der Waals surface area contributed by atoms with Gasteiger partial charge in [0.25, 0.3) is 5.91 Å². The van der Waals surface area contributed by atoms with Crippen molar-refractivity contribution in [1.29, 1.82) is 0 Å². The Balaban J connectivity index is 2.21. The van der Waals surface area contributed by atoms with Gasteiger partial charge in [0.05, 0.1) is 19.0 Å². The molecule has 0 aliphatic rings. The number of methoxy groups -OCH3 is 1. The van der Waals surface area contributed by atoms with Gasteiger partial charge in [-0.15, -0.1) is 0 Å². The quantitative estimate of drug-likeness (QED) is 0.886. The summed E-state index contributed by atoms with van der Waals surface area (Å²) in [7, 11) is 1.45. The third-order valence-electron chi connectivity index (χ3n) is 2.73. The third-order valence-corrected chi connectivity index (χ3v) is 2.73. The van der Waals surface area contributed by atoms with Crippen LogP contribution in [0.25, 0.3) is 0 Å². The Morgan fingerprint density at radius 3 is 2.79 bits per heavy atom. The van der Waals surface area contributed by atoms with Crippen molar-refractivity contribution in [3.05, 3.63) is 47.8 Å². The van der Waals surface area contributed by atoms with Crippen molar-refractivity contribution in [2.24, 2.45) is 0 Å². The first-order valence-corrected chi connectivity index (χ1v) is 5.71. The van der Waals surface area contributed by atoms with Gasteiger partial charge >= 0.3 is 0 Å². The molecule has 0 spiro atoms. The number of ether oxygens (including phenoxy) is 1. The Kier molecular flexibility index (Phi) is 3.66. The summed E-state index contributed by atoms with van der Waals surface area (Å²) in [6, 6.07) is 6.29. The van der Waals surface area contributed by atoms with Gasteiger partial charge in [-0.1, -0.05) is 0 Å². The first-order valence-electron chi connectivity index (χ1n) is 5.71. The van der Waals surface area contributed by atoms with E-state index >= 15 is 0 Å². The molecule has 0 bridgehead atoms. The van der Waals surface area contributed by atoms with E-state index in [1.54, 1.807) is 30.6 Å². The number of carbonyl (C=O) groups excluding carboxylic acids is 1. The summed E-state index contributed by atoms with van der Waals surface area (Å²) in [4.78, 5) is 16.0. The molecular weight excluding hydrogens is 244 g/mol. The normalized spacial score (nSPS) is 10.0. The highest BCUT2D eigenvalue weighted by Crippen LogP contribution is 2.26. The zero-order chi connectivity index (χ0) is 13.8. The summed E-state index contributed by atoms with van der Waals surface area (Å²) >= 11 is 0. The molecule has 0 saturated heterocycles. The number of carbonyl (C=O) groups is 1. The zero-order valence-electron chi connectivity index (χ0n) is 10.7. The molecule has 1 aromatic heterocycles. The van der Waals surface area contributed by atoms with Gasteiger partial charge in [-0.3, -0.25) is 9.78 Å². The molecule has 0 saturated carbocycles. The molecule has 1 heterocycles. The van der Waals surface area contributed by atoms with Crippen LogP contribution >= 0.6 is 0 Å². The fraction of sp³-hybridized carbons (Fsp3) is 0.143. The average molecular weight is 258 g/mol. The third kappa shape index (κ3) is 2.82. The number of aromatic hydroxyl groups is 1. The summed E-state index contributed by atoms with van der Waals surface area (Å²) in [5.41, 5.74) is 1.91. The lowest BCUT2D eigenvalue weighted by Gasteiger charge is -2.09. The first-order chi connectivity index (χ1) is 9.11. The molecule has 2 aromatic rings. The molecule has 5 heteroatoms. The number of anilines is 1. The van der Waals surface area contributed by atoms with E-state index in [-0.39, 0.29) is 11.7 Å². The molecule has 5 nitrogen and oxygen atoms in total. The lowest BCUT2D eigenvalue weighted by molar-refractivity contribution is 0.102. The number of rotatable bonds is 3. The molecule has 19 heavy (non-hydrogen) atoms. The second kappa shape index (κ2) is 5.39. The maximum absolute atomic E-state index is 12.0. The molecule has 2 rings (SSSR count). The topological polar surface area (TPSA) is 71.5 Å². The Hall–Kier alpha value is -2.56. The standard InChI is InChI=1S/C14H14N2O3/c1-9-5-6-15-8-11(9)16-14(18)10-3-4-13(19-2)12(17)7-10/h3-8,17H,1-2H3,(H,16,18). The van der Waals surface area contributed by atoms with Crippen LogP contribution in [0.2, 0.25) is 0 Å². The van der Waals surface area contributed by atoms with Gasteiger partial charge in [0.15, 0.2) is 11.5 Å². The predicted molar refractivity (Wildman–Crippen MR) is 71.6 cm³/mol. The monoisotopic (exact) mass is 258 g/mol. The Morgan fingerprint density at radius 2 is 2.16 bits per heavy atom. The number of amides is 1. The maximum atomic E-state index is 12.0. The smallest absolute Gasteiger partial charge is 0.255 e. The van der Waals surface area contributed by atoms with E-state index in [0.29, 0.717) is 17.0 Å². The van der Waals surface area contributed by atoms with Crippen molar-refractivity contribution in [3.8, 4) is 11.5 Å². The molecule has 0 atom stereocenters. The maximum Gasteiger partial charge on any atom is 0.255 e. The number of hydrogen-bond acceptors (Lipinski definition) is 4. The molecule has 1 amide bonds. The summed E-state index contributed by atoms with van der Waals surface area (Å²) in [5.74, 6) is -0.0544. The van der Waals surface area contributed by atoms with Crippen molar-refractivity contribution in [2.45, 2.75) is 6.92 Å². The molecule has 98 valence electrons. The zero-order valence-corrected chi connectivity index (χ0v) is 10.7. The average Bonchev–Trinajstić information content (AvgIpc) is 2.41. The van der Waals surface area contributed by atoms with E-state index in [0.717, 1.165) is 5.56 Å². The van der Waals surface area contributed by atoms with Crippen molar-refractivity contribution >= 4 is 11.6 Å². The minimum Gasteiger partial charge on any atom is -0.504 e. The highest BCUT2D eigenvalue weighted by Gasteiger charge is 2.10. The first kappa shape index (κ1) is 12.9. The lowest BCUT2D eigenvalue weighted by atomic mass is 10.1. The molecule has 0 aliphatic carbocycles. The van der Waals surface area contributed by atoms with Gasteiger partial charge < -0.3 is 15.2 Å². The van der Waals surface area contributed by atoms with E-state index in [9.17, 15) is 9.90 Å². The van der Waals surface area contributed by atoms with E-state index < -0.39 is 0 Å². The van der Waals surface area contributed by atoms with Crippen molar-refractivity contribution in [2.75, 3.05) is 12.4 Å². The fourth-order valence-corrected chi connectivity index (χ4v) is 1.62. The van der Waals surface area contributed by atoms with Gasteiger partial charge in [0.2, 0.25) is 0 Å². The molecule has 1 aromatic carbocycles. The number of benzene rings is 1. The van der Waals surface area contributed by atoms with Crippen LogP contribution in [0.1, 0.15) is 15.9 Å². The number of hydrogen-bond donors (Lipinski definition) is 2. The van der Waals surface area contributed by atoms with Gasteiger partial charge in [-0.25, -0.2) is 0 Å². The molecule has 0 radical (unpaired) electrons. The van der Waals surface area contributed by atoms with E-state index in [2.05, 4.69) is 10.3 Å². The van der Waals surface area contributed by atoms with E-state index in [4.69, 9.17) is 4.74 Å². The molecular formula is C14H14N2O3.